The van der Waals surface area contributed by atoms with E-state index in [9.17, 15) is 14.5 Å². The summed E-state index contributed by atoms with van der Waals surface area (Å²) < 4.78 is 13.1. The number of hydrogen-bond acceptors (Lipinski definition) is 4. The van der Waals surface area contributed by atoms with E-state index in [0.717, 1.165) is 0 Å². The van der Waals surface area contributed by atoms with E-state index in [4.69, 9.17) is 0 Å². The fourth-order valence-corrected chi connectivity index (χ4v) is 2.02. The third-order valence-electron chi connectivity index (χ3n) is 2.98. The standard InChI is InChI=1S/C11H14FN3O2/c1-2-8-5-11(13-6-10(8)15(16)17)14-4-3-9(12)7-14/h5-6,9H,2-4,7H2,1H3. The molecule has 1 aromatic heterocycles. The topological polar surface area (TPSA) is 59.3 Å². The van der Waals surface area contributed by atoms with Gasteiger partial charge in [-0.1, -0.05) is 6.92 Å². The Balaban J connectivity index is 2.28. The molecule has 1 atom stereocenters. The molecule has 17 heavy (non-hydrogen) atoms. The van der Waals surface area contributed by atoms with Gasteiger partial charge >= 0.3 is 0 Å². The Bertz CT molecular complexity index is 439. The van der Waals surface area contributed by atoms with Crippen LogP contribution in [0.25, 0.3) is 0 Å². The van der Waals surface area contributed by atoms with Crippen molar-refractivity contribution in [2.45, 2.75) is 25.9 Å². The van der Waals surface area contributed by atoms with Gasteiger partial charge in [0.15, 0.2) is 0 Å². The fraction of sp³-hybridized carbons (Fsp3) is 0.545. The molecule has 5 nitrogen and oxygen atoms in total. The van der Waals surface area contributed by atoms with Gasteiger partial charge < -0.3 is 4.90 Å². The van der Waals surface area contributed by atoms with Crippen molar-refractivity contribution >= 4 is 11.5 Å². The van der Waals surface area contributed by atoms with Gasteiger partial charge in [0, 0.05) is 12.1 Å². The molecule has 6 heteroatoms. The highest BCUT2D eigenvalue weighted by molar-refractivity contribution is 5.50. The lowest BCUT2D eigenvalue weighted by Gasteiger charge is -2.16. The average molecular weight is 239 g/mol. The maximum atomic E-state index is 13.1. The van der Waals surface area contributed by atoms with Crippen LogP contribution in [0.3, 0.4) is 0 Å². The number of aromatic nitrogens is 1. The molecular weight excluding hydrogens is 225 g/mol. The van der Waals surface area contributed by atoms with E-state index in [1.54, 1.807) is 6.07 Å². The van der Waals surface area contributed by atoms with Gasteiger partial charge in [-0.25, -0.2) is 9.37 Å². The van der Waals surface area contributed by atoms with E-state index in [0.29, 0.717) is 37.3 Å². The van der Waals surface area contributed by atoms with Crippen LogP contribution in [-0.2, 0) is 6.42 Å². The first kappa shape index (κ1) is 11.8. The molecule has 1 fully saturated rings. The van der Waals surface area contributed by atoms with E-state index >= 15 is 0 Å². The molecule has 0 bridgehead atoms. The Morgan fingerprint density at radius 2 is 2.47 bits per heavy atom. The maximum absolute atomic E-state index is 13.1. The number of nitrogens with zero attached hydrogens (tertiary/aromatic N) is 3. The number of rotatable bonds is 3. The Morgan fingerprint density at radius 3 is 3.00 bits per heavy atom. The summed E-state index contributed by atoms with van der Waals surface area (Å²) in [7, 11) is 0. The van der Waals surface area contributed by atoms with Gasteiger partial charge in [-0.15, -0.1) is 0 Å². The molecule has 0 N–H and O–H groups in total. The summed E-state index contributed by atoms with van der Waals surface area (Å²) in [5.41, 5.74) is 0.676. The zero-order valence-electron chi connectivity index (χ0n) is 9.60. The van der Waals surface area contributed by atoms with Gasteiger partial charge in [-0.2, -0.15) is 0 Å². The predicted molar refractivity (Wildman–Crippen MR) is 62.0 cm³/mol. The quantitative estimate of drug-likeness (QED) is 0.598. The van der Waals surface area contributed by atoms with Crippen LogP contribution in [0.15, 0.2) is 12.3 Å². The Labute approximate surface area is 98.4 Å². The SMILES string of the molecule is CCc1cc(N2CCC(F)C2)ncc1[N+](=O)[O-]. The normalized spacial score (nSPS) is 19.6. The van der Waals surface area contributed by atoms with E-state index in [1.165, 1.54) is 6.20 Å². The van der Waals surface area contributed by atoms with Crippen molar-refractivity contribution in [3.63, 3.8) is 0 Å². The summed E-state index contributed by atoms with van der Waals surface area (Å²) in [5, 5.41) is 10.8. The zero-order valence-corrected chi connectivity index (χ0v) is 9.60. The van der Waals surface area contributed by atoms with Crippen molar-refractivity contribution in [3.8, 4) is 0 Å². The number of aryl methyl sites for hydroxylation is 1. The Kier molecular flexibility index (Phi) is 3.21. The molecule has 1 aliphatic rings. The average Bonchev–Trinajstić information content (AvgIpc) is 2.75. The molecule has 2 heterocycles. The molecule has 92 valence electrons. The molecule has 0 radical (unpaired) electrons. The number of nitro groups is 1. The number of hydrogen-bond donors (Lipinski definition) is 0. The van der Waals surface area contributed by atoms with E-state index in [-0.39, 0.29) is 5.69 Å². The van der Waals surface area contributed by atoms with Crippen LogP contribution >= 0.6 is 0 Å². The molecule has 0 amide bonds. The number of anilines is 1. The molecule has 1 aromatic rings. The fourth-order valence-electron chi connectivity index (χ4n) is 2.02. The molecule has 1 saturated heterocycles. The first-order chi connectivity index (χ1) is 8.11. The van der Waals surface area contributed by atoms with E-state index < -0.39 is 11.1 Å². The minimum atomic E-state index is -0.822. The lowest BCUT2D eigenvalue weighted by molar-refractivity contribution is -0.385. The van der Waals surface area contributed by atoms with Crippen LogP contribution in [0.1, 0.15) is 18.9 Å². The first-order valence-corrected chi connectivity index (χ1v) is 5.64. The van der Waals surface area contributed by atoms with Gasteiger partial charge in [-0.3, -0.25) is 10.1 Å². The lowest BCUT2D eigenvalue weighted by Crippen LogP contribution is -2.21. The highest BCUT2D eigenvalue weighted by atomic mass is 19.1. The molecule has 2 rings (SSSR count). The Morgan fingerprint density at radius 1 is 1.71 bits per heavy atom. The smallest absolute Gasteiger partial charge is 0.290 e. The molecular formula is C11H14FN3O2. The summed E-state index contributed by atoms with van der Waals surface area (Å²) in [6, 6.07) is 1.69. The summed E-state index contributed by atoms with van der Waals surface area (Å²) in [5.74, 6) is 0.632. The van der Waals surface area contributed by atoms with Crippen LogP contribution in [-0.4, -0.2) is 29.2 Å². The summed E-state index contributed by atoms with van der Waals surface area (Å²) >= 11 is 0. The highest BCUT2D eigenvalue weighted by Gasteiger charge is 2.24. The van der Waals surface area contributed by atoms with Crippen molar-refractivity contribution in [2.24, 2.45) is 0 Å². The van der Waals surface area contributed by atoms with Crippen LogP contribution in [0.4, 0.5) is 15.9 Å². The predicted octanol–water partition coefficient (Wildman–Crippen LogP) is 2.10. The van der Waals surface area contributed by atoms with Gasteiger partial charge in [0.2, 0.25) is 0 Å². The van der Waals surface area contributed by atoms with Gasteiger partial charge in [0.05, 0.1) is 11.5 Å². The second kappa shape index (κ2) is 4.65. The molecule has 0 aromatic carbocycles. The van der Waals surface area contributed by atoms with Crippen LogP contribution in [0.2, 0.25) is 0 Å². The number of alkyl halides is 1. The second-order valence-corrected chi connectivity index (χ2v) is 4.11. The highest BCUT2D eigenvalue weighted by Crippen LogP contribution is 2.25. The minimum Gasteiger partial charge on any atom is -0.354 e. The van der Waals surface area contributed by atoms with Gasteiger partial charge in [0.1, 0.15) is 18.2 Å². The molecule has 1 aliphatic heterocycles. The molecule has 0 spiro atoms. The van der Waals surface area contributed by atoms with Crippen LogP contribution in [0.5, 0.6) is 0 Å². The first-order valence-electron chi connectivity index (χ1n) is 5.64. The number of halogens is 1. The van der Waals surface area contributed by atoms with Gasteiger partial charge in [0.25, 0.3) is 5.69 Å². The van der Waals surface area contributed by atoms with Gasteiger partial charge in [-0.05, 0) is 18.9 Å². The molecule has 1 unspecified atom stereocenters. The van der Waals surface area contributed by atoms with Crippen molar-refractivity contribution in [3.05, 3.63) is 27.9 Å². The van der Waals surface area contributed by atoms with E-state index in [1.807, 2.05) is 11.8 Å². The van der Waals surface area contributed by atoms with Crippen molar-refractivity contribution < 1.29 is 9.31 Å². The third-order valence-corrected chi connectivity index (χ3v) is 2.98. The summed E-state index contributed by atoms with van der Waals surface area (Å²) in [6.07, 6.45) is 1.51. The van der Waals surface area contributed by atoms with Crippen molar-refractivity contribution in [2.75, 3.05) is 18.0 Å². The minimum absolute atomic E-state index is 0.0345. The summed E-state index contributed by atoms with van der Waals surface area (Å²) in [4.78, 5) is 16.2. The largest absolute Gasteiger partial charge is 0.354 e. The second-order valence-electron chi connectivity index (χ2n) is 4.11. The van der Waals surface area contributed by atoms with Crippen LogP contribution in [0, 0.1) is 10.1 Å². The van der Waals surface area contributed by atoms with Crippen molar-refractivity contribution in [1.29, 1.82) is 0 Å². The Hall–Kier alpha value is -1.72. The molecule has 0 aliphatic carbocycles. The van der Waals surface area contributed by atoms with E-state index in [2.05, 4.69) is 4.98 Å². The summed E-state index contributed by atoms with van der Waals surface area (Å²) in [6.45, 7) is 2.80. The molecule has 0 saturated carbocycles. The van der Waals surface area contributed by atoms with Crippen LogP contribution < -0.4 is 4.90 Å². The zero-order chi connectivity index (χ0) is 12.4. The third kappa shape index (κ3) is 2.35. The van der Waals surface area contributed by atoms with Crippen molar-refractivity contribution in [1.82, 2.24) is 4.98 Å². The maximum Gasteiger partial charge on any atom is 0.290 e. The monoisotopic (exact) mass is 239 g/mol. The lowest BCUT2D eigenvalue weighted by atomic mass is 10.2. The number of pyridine rings is 1.